The Morgan fingerprint density at radius 2 is 2.31 bits per heavy atom. The number of aromatic amines is 1. The van der Waals surface area contributed by atoms with E-state index in [0.717, 1.165) is 11.5 Å². The van der Waals surface area contributed by atoms with Crippen LogP contribution in [0.2, 0.25) is 0 Å². The van der Waals surface area contributed by atoms with Gasteiger partial charge < -0.3 is 0 Å². The maximum Gasteiger partial charge on any atom is 0.200 e. The van der Waals surface area contributed by atoms with Gasteiger partial charge in [0.2, 0.25) is 5.82 Å². The summed E-state index contributed by atoms with van der Waals surface area (Å²) in [5, 5.41) is 8.92. The molecule has 13 heavy (non-hydrogen) atoms. The van der Waals surface area contributed by atoms with Crippen LogP contribution in [0.25, 0.3) is 11.5 Å². The molecular formula is C8H10N4S. The molecule has 1 N–H and O–H groups in total. The Morgan fingerprint density at radius 1 is 1.46 bits per heavy atom. The second-order valence-corrected chi connectivity index (χ2v) is 3.79. The standard InChI is InChI=1S/C8H10N4S/c1-5(2)7-10-8(12-11-7)6-3-13-4-9-6/h3-5H,1-2H3,(H,10,11,12). The van der Waals surface area contributed by atoms with Crippen molar-refractivity contribution in [3.8, 4) is 11.5 Å². The molecule has 0 unspecified atom stereocenters. The van der Waals surface area contributed by atoms with Gasteiger partial charge in [0, 0.05) is 11.3 Å². The van der Waals surface area contributed by atoms with Crippen molar-refractivity contribution in [2.45, 2.75) is 19.8 Å². The highest BCUT2D eigenvalue weighted by molar-refractivity contribution is 7.07. The third kappa shape index (κ3) is 1.60. The Hall–Kier alpha value is -1.23. The van der Waals surface area contributed by atoms with E-state index in [-0.39, 0.29) is 0 Å². The van der Waals surface area contributed by atoms with Gasteiger partial charge in [-0.1, -0.05) is 13.8 Å². The predicted octanol–water partition coefficient (Wildman–Crippen LogP) is 2.05. The van der Waals surface area contributed by atoms with E-state index in [1.54, 1.807) is 16.8 Å². The minimum Gasteiger partial charge on any atom is -0.262 e. The summed E-state index contributed by atoms with van der Waals surface area (Å²) >= 11 is 1.55. The average molecular weight is 194 g/mol. The van der Waals surface area contributed by atoms with E-state index in [4.69, 9.17) is 0 Å². The van der Waals surface area contributed by atoms with Crippen molar-refractivity contribution in [2.75, 3.05) is 0 Å². The molecule has 0 amide bonds. The van der Waals surface area contributed by atoms with Crippen LogP contribution >= 0.6 is 11.3 Å². The minimum absolute atomic E-state index is 0.375. The first-order valence-electron chi connectivity index (χ1n) is 4.08. The van der Waals surface area contributed by atoms with Crippen molar-refractivity contribution >= 4 is 11.3 Å². The van der Waals surface area contributed by atoms with Crippen LogP contribution in [0, 0.1) is 0 Å². The second kappa shape index (κ2) is 3.26. The SMILES string of the molecule is CC(C)c1nc(-c2cscn2)n[nH]1. The predicted molar refractivity (Wildman–Crippen MR) is 51.6 cm³/mol. The van der Waals surface area contributed by atoms with Crippen molar-refractivity contribution in [3.05, 3.63) is 16.7 Å². The molecule has 0 aromatic carbocycles. The molecule has 4 nitrogen and oxygen atoms in total. The van der Waals surface area contributed by atoms with Crippen molar-refractivity contribution < 1.29 is 0 Å². The quantitative estimate of drug-likeness (QED) is 0.796. The van der Waals surface area contributed by atoms with E-state index in [0.29, 0.717) is 11.7 Å². The lowest BCUT2D eigenvalue weighted by molar-refractivity contribution is 0.781. The van der Waals surface area contributed by atoms with E-state index < -0.39 is 0 Å². The van der Waals surface area contributed by atoms with Crippen molar-refractivity contribution in [2.24, 2.45) is 0 Å². The van der Waals surface area contributed by atoms with Gasteiger partial charge in [0.15, 0.2) is 0 Å². The van der Waals surface area contributed by atoms with Crippen LogP contribution < -0.4 is 0 Å². The Kier molecular flexibility index (Phi) is 2.10. The molecule has 0 bridgehead atoms. The zero-order valence-corrected chi connectivity index (χ0v) is 8.30. The zero-order valence-electron chi connectivity index (χ0n) is 7.48. The summed E-state index contributed by atoms with van der Waals surface area (Å²) in [6.45, 7) is 4.15. The Morgan fingerprint density at radius 3 is 2.85 bits per heavy atom. The van der Waals surface area contributed by atoms with Gasteiger partial charge in [-0.25, -0.2) is 9.97 Å². The number of hydrogen-bond acceptors (Lipinski definition) is 4. The maximum absolute atomic E-state index is 4.33. The molecule has 0 atom stereocenters. The number of H-pyrrole nitrogens is 1. The first-order chi connectivity index (χ1) is 6.27. The monoisotopic (exact) mass is 194 g/mol. The Bertz CT molecular complexity index is 377. The Balaban J connectivity index is 2.33. The molecule has 2 aromatic rings. The zero-order chi connectivity index (χ0) is 9.26. The molecule has 2 aromatic heterocycles. The molecule has 0 radical (unpaired) electrons. The lowest BCUT2D eigenvalue weighted by atomic mass is 10.2. The summed E-state index contributed by atoms with van der Waals surface area (Å²) in [6.07, 6.45) is 0. The molecule has 0 saturated carbocycles. The highest BCUT2D eigenvalue weighted by Gasteiger charge is 2.09. The number of nitrogens with zero attached hydrogens (tertiary/aromatic N) is 3. The molecule has 0 aliphatic carbocycles. The molecule has 5 heteroatoms. The molecule has 0 spiro atoms. The summed E-state index contributed by atoms with van der Waals surface area (Å²) in [7, 11) is 0. The highest BCUT2D eigenvalue weighted by Crippen LogP contribution is 2.16. The second-order valence-electron chi connectivity index (χ2n) is 3.07. The molecule has 0 aliphatic heterocycles. The van der Waals surface area contributed by atoms with Crippen LogP contribution in [0.15, 0.2) is 10.9 Å². The van der Waals surface area contributed by atoms with Crippen molar-refractivity contribution in [3.63, 3.8) is 0 Å². The fourth-order valence-electron chi connectivity index (χ4n) is 0.970. The van der Waals surface area contributed by atoms with Crippen LogP contribution in [-0.4, -0.2) is 20.2 Å². The van der Waals surface area contributed by atoms with Gasteiger partial charge in [0.25, 0.3) is 0 Å². The molecule has 0 fully saturated rings. The largest absolute Gasteiger partial charge is 0.262 e. The number of aromatic nitrogens is 4. The number of rotatable bonds is 2. The summed E-state index contributed by atoms with van der Waals surface area (Å²) < 4.78 is 0. The summed E-state index contributed by atoms with van der Waals surface area (Å²) in [4.78, 5) is 8.46. The van der Waals surface area contributed by atoms with Crippen LogP contribution in [0.1, 0.15) is 25.6 Å². The highest BCUT2D eigenvalue weighted by atomic mass is 32.1. The third-order valence-electron chi connectivity index (χ3n) is 1.71. The van der Waals surface area contributed by atoms with Gasteiger partial charge in [-0.15, -0.1) is 11.3 Å². The van der Waals surface area contributed by atoms with Gasteiger partial charge in [0.1, 0.15) is 11.5 Å². The fourth-order valence-corrected chi connectivity index (χ4v) is 1.50. The van der Waals surface area contributed by atoms with E-state index in [2.05, 4.69) is 34.0 Å². The fraction of sp³-hybridized carbons (Fsp3) is 0.375. The maximum atomic E-state index is 4.33. The van der Waals surface area contributed by atoms with Crippen LogP contribution in [0.3, 0.4) is 0 Å². The van der Waals surface area contributed by atoms with Crippen LogP contribution in [-0.2, 0) is 0 Å². The summed E-state index contributed by atoms with van der Waals surface area (Å²) in [5.41, 5.74) is 2.62. The van der Waals surface area contributed by atoms with Crippen LogP contribution in [0.5, 0.6) is 0 Å². The number of hydrogen-bond donors (Lipinski definition) is 1. The van der Waals surface area contributed by atoms with E-state index in [1.165, 1.54) is 0 Å². The minimum atomic E-state index is 0.375. The molecular weight excluding hydrogens is 184 g/mol. The average Bonchev–Trinajstić information content (AvgIpc) is 2.75. The Labute approximate surface area is 80.1 Å². The smallest absolute Gasteiger partial charge is 0.200 e. The van der Waals surface area contributed by atoms with Crippen molar-refractivity contribution in [1.29, 1.82) is 0 Å². The van der Waals surface area contributed by atoms with Gasteiger partial charge >= 0.3 is 0 Å². The molecule has 0 aliphatic rings. The normalized spacial score (nSPS) is 11.0. The topological polar surface area (TPSA) is 54.5 Å². The summed E-state index contributed by atoms with van der Waals surface area (Å²) in [5.74, 6) is 1.97. The lowest BCUT2D eigenvalue weighted by Gasteiger charge is -1.94. The van der Waals surface area contributed by atoms with Gasteiger partial charge in [0.05, 0.1) is 5.51 Å². The first kappa shape index (κ1) is 8.37. The van der Waals surface area contributed by atoms with Crippen LogP contribution in [0.4, 0.5) is 0 Å². The molecule has 0 saturated heterocycles. The third-order valence-corrected chi connectivity index (χ3v) is 2.30. The molecule has 68 valence electrons. The van der Waals surface area contributed by atoms with Gasteiger partial charge in [-0.2, -0.15) is 5.10 Å². The number of thiazole rings is 1. The first-order valence-corrected chi connectivity index (χ1v) is 5.02. The lowest BCUT2D eigenvalue weighted by Crippen LogP contribution is -1.89. The number of nitrogens with one attached hydrogen (secondary N) is 1. The molecule has 2 heterocycles. The van der Waals surface area contributed by atoms with E-state index in [1.807, 2.05) is 5.38 Å². The van der Waals surface area contributed by atoms with Gasteiger partial charge in [-0.05, 0) is 0 Å². The molecule has 2 rings (SSSR count). The van der Waals surface area contributed by atoms with E-state index >= 15 is 0 Å². The summed E-state index contributed by atoms with van der Waals surface area (Å²) in [6, 6.07) is 0. The van der Waals surface area contributed by atoms with E-state index in [9.17, 15) is 0 Å². The van der Waals surface area contributed by atoms with Gasteiger partial charge in [-0.3, -0.25) is 5.10 Å². The van der Waals surface area contributed by atoms with Crippen molar-refractivity contribution in [1.82, 2.24) is 20.2 Å².